The van der Waals surface area contributed by atoms with Crippen molar-refractivity contribution in [3.8, 4) is 5.75 Å². The van der Waals surface area contributed by atoms with E-state index < -0.39 is 17.5 Å². The van der Waals surface area contributed by atoms with Crippen LogP contribution in [-0.2, 0) is 13.0 Å². The number of hydrogen-bond acceptors (Lipinski definition) is 2. The van der Waals surface area contributed by atoms with Crippen molar-refractivity contribution in [2.24, 2.45) is 5.73 Å². The first-order valence-corrected chi connectivity index (χ1v) is 6.16. The largest absolute Gasteiger partial charge is 0.485 e. The molecule has 0 aliphatic heterocycles. The molecule has 2 aromatic rings. The Bertz CT molecular complexity index is 602. The molecule has 20 heavy (non-hydrogen) atoms. The van der Waals surface area contributed by atoms with Crippen LogP contribution in [0.1, 0.15) is 11.1 Å². The normalized spacial score (nSPS) is 10.6. The average molecular weight is 281 g/mol. The van der Waals surface area contributed by atoms with Gasteiger partial charge in [0.05, 0.1) is 0 Å². The summed E-state index contributed by atoms with van der Waals surface area (Å²) in [6.45, 7) is 0.0935. The minimum Gasteiger partial charge on any atom is -0.485 e. The maximum atomic E-state index is 13.7. The second-order valence-electron chi connectivity index (χ2n) is 4.29. The summed E-state index contributed by atoms with van der Waals surface area (Å²) in [6, 6.07) is 7.54. The zero-order valence-electron chi connectivity index (χ0n) is 10.7. The molecule has 0 fully saturated rings. The summed E-state index contributed by atoms with van der Waals surface area (Å²) in [5.41, 5.74) is 6.08. The molecule has 0 saturated heterocycles. The minimum absolute atomic E-state index is 0.0293. The summed E-state index contributed by atoms with van der Waals surface area (Å²) in [7, 11) is 0. The molecule has 2 nitrogen and oxygen atoms in total. The van der Waals surface area contributed by atoms with Crippen LogP contribution in [0.3, 0.4) is 0 Å². The van der Waals surface area contributed by atoms with E-state index in [0.29, 0.717) is 18.5 Å². The first-order chi connectivity index (χ1) is 9.61. The Kier molecular flexibility index (Phi) is 4.63. The third-order valence-electron chi connectivity index (χ3n) is 2.84. The molecule has 106 valence electrons. The summed E-state index contributed by atoms with van der Waals surface area (Å²) >= 11 is 0. The fourth-order valence-electron chi connectivity index (χ4n) is 1.87. The van der Waals surface area contributed by atoms with E-state index in [1.54, 1.807) is 12.1 Å². The highest BCUT2D eigenvalue weighted by Gasteiger charge is 2.11. The third kappa shape index (κ3) is 3.30. The van der Waals surface area contributed by atoms with Gasteiger partial charge in [0, 0.05) is 5.56 Å². The number of ether oxygens (including phenoxy) is 1. The van der Waals surface area contributed by atoms with Crippen LogP contribution < -0.4 is 10.5 Å². The predicted octanol–water partition coefficient (Wildman–Crippen LogP) is 3.18. The maximum Gasteiger partial charge on any atom is 0.165 e. The fourth-order valence-corrected chi connectivity index (χ4v) is 1.87. The first-order valence-electron chi connectivity index (χ1n) is 6.16. The highest BCUT2D eigenvalue weighted by Crippen LogP contribution is 2.24. The van der Waals surface area contributed by atoms with Crippen molar-refractivity contribution < 1.29 is 17.9 Å². The van der Waals surface area contributed by atoms with Gasteiger partial charge in [0.25, 0.3) is 0 Å². The highest BCUT2D eigenvalue weighted by molar-refractivity contribution is 5.35. The first kappa shape index (κ1) is 14.4. The molecular weight excluding hydrogens is 267 g/mol. The SMILES string of the molecule is NCCc1cccc(F)c1OCc1cc(F)ccc1F. The lowest BCUT2D eigenvalue weighted by molar-refractivity contribution is 0.281. The number of para-hydroxylation sites is 1. The lowest BCUT2D eigenvalue weighted by atomic mass is 10.1. The Morgan fingerprint density at radius 2 is 1.75 bits per heavy atom. The van der Waals surface area contributed by atoms with E-state index in [-0.39, 0.29) is 17.9 Å². The smallest absolute Gasteiger partial charge is 0.165 e. The molecule has 0 atom stereocenters. The van der Waals surface area contributed by atoms with Crippen LogP contribution >= 0.6 is 0 Å². The molecule has 2 N–H and O–H groups in total. The second kappa shape index (κ2) is 6.43. The van der Waals surface area contributed by atoms with Crippen molar-refractivity contribution in [1.82, 2.24) is 0 Å². The van der Waals surface area contributed by atoms with Crippen LogP contribution in [0.25, 0.3) is 0 Å². The molecule has 0 aromatic heterocycles. The van der Waals surface area contributed by atoms with E-state index in [4.69, 9.17) is 10.5 Å². The van der Waals surface area contributed by atoms with Crippen LogP contribution in [0, 0.1) is 17.5 Å². The predicted molar refractivity (Wildman–Crippen MR) is 69.8 cm³/mol. The topological polar surface area (TPSA) is 35.2 Å². The van der Waals surface area contributed by atoms with E-state index in [0.717, 1.165) is 18.2 Å². The van der Waals surface area contributed by atoms with Gasteiger partial charge in [-0.2, -0.15) is 0 Å². The van der Waals surface area contributed by atoms with E-state index in [9.17, 15) is 13.2 Å². The molecule has 0 saturated carbocycles. The van der Waals surface area contributed by atoms with Crippen molar-refractivity contribution in [3.63, 3.8) is 0 Å². The van der Waals surface area contributed by atoms with Crippen molar-refractivity contribution in [3.05, 3.63) is 65.0 Å². The van der Waals surface area contributed by atoms with E-state index >= 15 is 0 Å². The van der Waals surface area contributed by atoms with Gasteiger partial charge in [0.15, 0.2) is 11.6 Å². The van der Waals surface area contributed by atoms with Crippen LogP contribution in [0.5, 0.6) is 5.75 Å². The van der Waals surface area contributed by atoms with Crippen molar-refractivity contribution >= 4 is 0 Å². The van der Waals surface area contributed by atoms with Gasteiger partial charge in [-0.15, -0.1) is 0 Å². The average Bonchev–Trinajstić information content (AvgIpc) is 2.42. The maximum absolute atomic E-state index is 13.7. The molecule has 0 bridgehead atoms. The van der Waals surface area contributed by atoms with Crippen molar-refractivity contribution in [2.45, 2.75) is 13.0 Å². The molecule has 0 heterocycles. The highest BCUT2D eigenvalue weighted by atomic mass is 19.1. The van der Waals surface area contributed by atoms with Crippen molar-refractivity contribution in [1.29, 1.82) is 0 Å². The van der Waals surface area contributed by atoms with Gasteiger partial charge in [-0.3, -0.25) is 0 Å². The molecule has 0 unspecified atom stereocenters. The molecule has 0 aliphatic rings. The molecule has 0 aliphatic carbocycles. The Morgan fingerprint density at radius 3 is 2.50 bits per heavy atom. The molecule has 0 amide bonds. The Balaban J connectivity index is 2.20. The molecular formula is C15H14F3NO. The van der Waals surface area contributed by atoms with Crippen LogP contribution in [0.15, 0.2) is 36.4 Å². The van der Waals surface area contributed by atoms with E-state index in [2.05, 4.69) is 0 Å². The minimum atomic E-state index is -0.594. The number of benzene rings is 2. The van der Waals surface area contributed by atoms with Crippen LogP contribution in [-0.4, -0.2) is 6.54 Å². The Hall–Kier alpha value is -2.01. The molecule has 0 radical (unpaired) electrons. The molecule has 2 aromatic carbocycles. The van der Waals surface area contributed by atoms with E-state index in [1.807, 2.05) is 0 Å². The lowest BCUT2D eigenvalue weighted by Crippen LogP contribution is -2.07. The fraction of sp³-hybridized carbons (Fsp3) is 0.200. The van der Waals surface area contributed by atoms with Crippen LogP contribution in [0.4, 0.5) is 13.2 Å². The Morgan fingerprint density at radius 1 is 0.950 bits per heavy atom. The summed E-state index contributed by atoms with van der Waals surface area (Å²) < 4.78 is 45.5. The van der Waals surface area contributed by atoms with Crippen LogP contribution in [0.2, 0.25) is 0 Å². The van der Waals surface area contributed by atoms with Gasteiger partial charge in [0.2, 0.25) is 0 Å². The zero-order chi connectivity index (χ0) is 14.5. The quantitative estimate of drug-likeness (QED) is 0.913. The van der Waals surface area contributed by atoms with Gasteiger partial charge in [-0.1, -0.05) is 12.1 Å². The number of hydrogen-bond donors (Lipinski definition) is 1. The number of rotatable bonds is 5. The Labute approximate surface area is 115 Å². The molecule has 5 heteroatoms. The lowest BCUT2D eigenvalue weighted by Gasteiger charge is -2.12. The third-order valence-corrected chi connectivity index (χ3v) is 2.84. The van der Waals surface area contributed by atoms with Gasteiger partial charge in [0.1, 0.15) is 18.2 Å². The number of halogens is 3. The summed E-state index contributed by atoms with van der Waals surface area (Å²) in [5.74, 6) is -1.68. The monoisotopic (exact) mass is 281 g/mol. The standard InChI is InChI=1S/C15H14F3NO/c16-12-4-5-13(17)11(8-12)9-20-15-10(6-7-19)2-1-3-14(15)18/h1-5,8H,6-7,9,19H2. The zero-order valence-corrected chi connectivity index (χ0v) is 10.7. The van der Waals surface area contributed by atoms with Gasteiger partial charge in [-0.05, 0) is 42.8 Å². The van der Waals surface area contributed by atoms with Crippen molar-refractivity contribution in [2.75, 3.05) is 6.54 Å². The summed E-state index contributed by atoms with van der Waals surface area (Å²) in [6.07, 6.45) is 0.443. The molecule has 0 spiro atoms. The van der Waals surface area contributed by atoms with Gasteiger partial charge < -0.3 is 10.5 Å². The number of nitrogens with two attached hydrogens (primary N) is 1. The second-order valence-corrected chi connectivity index (χ2v) is 4.29. The summed E-state index contributed by atoms with van der Waals surface area (Å²) in [4.78, 5) is 0. The van der Waals surface area contributed by atoms with Gasteiger partial charge in [-0.25, -0.2) is 13.2 Å². The molecule has 2 rings (SSSR count). The summed E-state index contributed by atoms with van der Waals surface area (Å²) in [5, 5.41) is 0. The van der Waals surface area contributed by atoms with Gasteiger partial charge >= 0.3 is 0 Å². The van der Waals surface area contributed by atoms with E-state index in [1.165, 1.54) is 6.07 Å².